The van der Waals surface area contributed by atoms with Gasteiger partial charge in [0.05, 0.1) is 12.9 Å². The van der Waals surface area contributed by atoms with Crippen LogP contribution in [0.4, 0.5) is 5.82 Å². The van der Waals surface area contributed by atoms with Crippen LogP contribution in [-0.2, 0) is 34.1 Å². The van der Waals surface area contributed by atoms with Gasteiger partial charge in [-0.2, -0.15) is 0 Å². The zero-order chi connectivity index (χ0) is 31.1. The van der Waals surface area contributed by atoms with E-state index in [0.717, 1.165) is 12.8 Å². The molecule has 0 amide bonds. The van der Waals surface area contributed by atoms with Gasteiger partial charge >= 0.3 is 19.5 Å². The second-order valence-corrected chi connectivity index (χ2v) is 13.5. The van der Waals surface area contributed by atoms with Crippen LogP contribution in [0.5, 0.6) is 0 Å². The molecule has 0 radical (unpaired) electrons. The summed E-state index contributed by atoms with van der Waals surface area (Å²) in [7, 11) is -4.39. The molecule has 1 fully saturated rings. The number of hydrogen-bond acceptors (Lipinski definition) is 11. The largest absolute Gasteiger partial charge is 0.460 e. The minimum Gasteiger partial charge on any atom is -0.460 e. The van der Waals surface area contributed by atoms with Crippen molar-refractivity contribution in [1.29, 1.82) is 0 Å². The van der Waals surface area contributed by atoms with Crippen LogP contribution in [0.1, 0.15) is 87.0 Å². The number of esters is 2. The highest BCUT2D eigenvalue weighted by Gasteiger charge is 2.35. The normalized spacial score (nSPS) is 16.0. The van der Waals surface area contributed by atoms with E-state index in [-0.39, 0.29) is 12.8 Å². The maximum Gasteiger partial charge on any atom is 0.351 e. The van der Waals surface area contributed by atoms with Crippen molar-refractivity contribution in [2.24, 2.45) is 0 Å². The monoisotopic (exact) mass is 601 g/mol. The van der Waals surface area contributed by atoms with E-state index in [0.29, 0.717) is 23.0 Å². The Hall–Kier alpha value is -2.64. The topological polar surface area (TPSA) is 195 Å². The van der Waals surface area contributed by atoms with Gasteiger partial charge in [0.15, 0.2) is 29.1 Å². The van der Waals surface area contributed by atoms with E-state index in [1.54, 1.807) is 48.5 Å². The molecule has 2 aromatic heterocycles. The first-order chi connectivity index (χ1) is 18.9. The van der Waals surface area contributed by atoms with Crippen LogP contribution in [0.3, 0.4) is 0 Å². The molecule has 3 rings (SSSR count). The summed E-state index contributed by atoms with van der Waals surface area (Å²) < 4.78 is 28.1. The number of rotatable bonds is 10. The average Bonchev–Trinajstić information content (AvgIpc) is 3.48. The molecule has 232 valence electrons. The fraction of sp³-hybridized carbons (Fsp3) is 0.731. The number of imidazole rings is 1. The highest BCUT2D eigenvalue weighted by molar-refractivity contribution is 7.51. The van der Waals surface area contributed by atoms with Gasteiger partial charge in [0, 0.05) is 6.04 Å². The van der Waals surface area contributed by atoms with E-state index in [2.05, 4.69) is 20.3 Å². The van der Waals surface area contributed by atoms with Gasteiger partial charge in [0.1, 0.15) is 24.0 Å². The van der Waals surface area contributed by atoms with Gasteiger partial charge in [-0.15, -0.1) is 0 Å². The van der Waals surface area contributed by atoms with Crippen LogP contribution in [0, 0.1) is 0 Å². The zero-order valence-corrected chi connectivity index (χ0v) is 25.8. The van der Waals surface area contributed by atoms with Gasteiger partial charge in [0.25, 0.3) is 0 Å². The molecule has 1 aliphatic rings. The van der Waals surface area contributed by atoms with E-state index in [1.165, 1.54) is 30.1 Å². The number of aliphatic hydroxyl groups excluding tert-OH is 1. The Morgan fingerprint density at radius 3 is 2.05 bits per heavy atom. The molecule has 1 atom stereocenters. The lowest BCUT2D eigenvalue weighted by molar-refractivity contribution is -0.166. The van der Waals surface area contributed by atoms with Crippen LogP contribution in [0.25, 0.3) is 11.2 Å². The van der Waals surface area contributed by atoms with Gasteiger partial charge in [-0.3, -0.25) is 18.7 Å². The summed E-state index contributed by atoms with van der Waals surface area (Å²) in [4.78, 5) is 53.6. The van der Waals surface area contributed by atoms with E-state index in [4.69, 9.17) is 24.0 Å². The van der Waals surface area contributed by atoms with Crippen LogP contribution in [-0.4, -0.2) is 76.5 Å². The minimum atomic E-state index is -4.39. The second kappa shape index (κ2) is 14.0. The maximum absolute atomic E-state index is 11.2. The van der Waals surface area contributed by atoms with Crippen molar-refractivity contribution in [3.63, 3.8) is 0 Å². The summed E-state index contributed by atoms with van der Waals surface area (Å²) in [5.74, 6) is -0.507. The predicted octanol–water partition coefficient (Wildman–Crippen LogP) is 3.45. The van der Waals surface area contributed by atoms with Gasteiger partial charge < -0.3 is 34.4 Å². The van der Waals surface area contributed by atoms with Crippen LogP contribution < -0.4 is 5.32 Å². The third-order valence-corrected chi connectivity index (χ3v) is 6.36. The average molecular weight is 602 g/mol. The fourth-order valence-electron chi connectivity index (χ4n) is 4.16. The Morgan fingerprint density at radius 1 is 1.02 bits per heavy atom. The van der Waals surface area contributed by atoms with Crippen LogP contribution >= 0.6 is 7.60 Å². The molecule has 1 aliphatic carbocycles. The number of ether oxygens (including phenoxy) is 3. The van der Waals surface area contributed by atoms with Gasteiger partial charge in [-0.25, -0.2) is 15.0 Å². The molecule has 4 N–H and O–H groups in total. The second-order valence-electron chi connectivity index (χ2n) is 11.9. The highest BCUT2D eigenvalue weighted by Crippen LogP contribution is 2.38. The lowest BCUT2D eigenvalue weighted by atomic mass is 10.1. The van der Waals surface area contributed by atoms with Crippen molar-refractivity contribution >= 4 is 36.5 Å². The Labute approximate surface area is 240 Å². The van der Waals surface area contributed by atoms with Crippen molar-refractivity contribution in [1.82, 2.24) is 19.5 Å². The first kappa shape index (κ1) is 34.6. The van der Waals surface area contributed by atoms with Crippen molar-refractivity contribution < 1.29 is 43.3 Å². The van der Waals surface area contributed by atoms with Crippen molar-refractivity contribution in [3.05, 3.63) is 12.7 Å². The summed E-state index contributed by atoms with van der Waals surface area (Å²) in [5, 5.41) is 13.3. The van der Waals surface area contributed by atoms with E-state index in [1.807, 2.05) is 0 Å². The lowest BCUT2D eigenvalue weighted by Gasteiger charge is -2.32. The first-order valence-corrected chi connectivity index (χ1v) is 15.4. The lowest BCUT2D eigenvalue weighted by Crippen LogP contribution is -2.40. The molecule has 0 bridgehead atoms. The molecule has 0 spiro atoms. The first-order valence-electron chi connectivity index (χ1n) is 13.6. The SMILES string of the molecule is CC(C)(C)OC(=O)CC(=O)OC(C)(C)C.CCC(CO)(OCP(=O)(O)O)n1cnc2c(NC3CCCC3)ncnc21. The van der Waals surface area contributed by atoms with Gasteiger partial charge in [-0.1, -0.05) is 19.8 Å². The Morgan fingerprint density at radius 2 is 1.59 bits per heavy atom. The molecule has 15 heteroatoms. The molecule has 1 unspecified atom stereocenters. The van der Waals surface area contributed by atoms with Crippen LogP contribution in [0.2, 0.25) is 0 Å². The number of fused-ring (bicyclic) bond motifs is 1. The molecule has 1 saturated carbocycles. The number of aliphatic hydroxyl groups is 1. The smallest absolute Gasteiger partial charge is 0.351 e. The van der Waals surface area contributed by atoms with Gasteiger partial charge in [0.2, 0.25) is 0 Å². The van der Waals surface area contributed by atoms with E-state index >= 15 is 0 Å². The van der Waals surface area contributed by atoms with E-state index in [9.17, 15) is 19.3 Å². The summed E-state index contributed by atoms with van der Waals surface area (Å²) in [6.07, 6.45) is 6.50. The summed E-state index contributed by atoms with van der Waals surface area (Å²) in [5.41, 5.74) is -1.54. The van der Waals surface area contributed by atoms with E-state index < -0.39 is 49.4 Å². The molecule has 41 heavy (non-hydrogen) atoms. The predicted molar refractivity (Wildman–Crippen MR) is 151 cm³/mol. The number of hydrogen-bond donors (Lipinski definition) is 4. The molecular formula is C26H44N5O9P. The Balaban J connectivity index is 0.000000337. The van der Waals surface area contributed by atoms with Crippen molar-refractivity contribution in [2.75, 3.05) is 18.3 Å². The number of anilines is 1. The Kier molecular flexibility index (Phi) is 11.8. The zero-order valence-electron chi connectivity index (χ0n) is 24.9. The molecule has 0 saturated heterocycles. The van der Waals surface area contributed by atoms with Crippen LogP contribution in [0.15, 0.2) is 12.7 Å². The van der Waals surface area contributed by atoms with Crippen molar-refractivity contribution in [3.8, 4) is 0 Å². The number of aromatic nitrogens is 4. The van der Waals surface area contributed by atoms with Crippen molar-refractivity contribution in [2.45, 2.75) is 110 Å². The summed E-state index contributed by atoms with van der Waals surface area (Å²) >= 11 is 0. The number of nitrogens with one attached hydrogen (secondary N) is 1. The highest BCUT2D eigenvalue weighted by atomic mass is 31.2. The summed E-state index contributed by atoms with van der Waals surface area (Å²) in [6.45, 7) is 11.8. The number of nitrogens with zero attached hydrogens (tertiary/aromatic N) is 4. The third-order valence-electron chi connectivity index (χ3n) is 5.90. The summed E-state index contributed by atoms with van der Waals surface area (Å²) in [6, 6.07) is 0.345. The Bertz CT molecular complexity index is 1180. The molecule has 14 nitrogen and oxygen atoms in total. The molecule has 0 aliphatic heterocycles. The number of carbonyl (C=O) groups is 2. The third kappa shape index (κ3) is 11.3. The standard InChI is InChI=1S/C15H24N5O5P.C11H20O4/c1-2-15(7-21,25-10-26(22,23)24)20-9-18-12-13(16-8-17-14(12)20)19-11-5-3-4-6-11;1-10(2,3)14-8(12)7-9(13)15-11(4,5)6/h8-9,11,21H,2-7,10H2,1H3,(H,16,17,19)(H2,22,23,24);7H2,1-6H3. The molecular weight excluding hydrogens is 557 g/mol. The maximum atomic E-state index is 11.2. The molecule has 2 aromatic rings. The minimum absolute atomic E-state index is 0.268. The fourth-order valence-corrected chi connectivity index (χ4v) is 4.56. The molecule has 2 heterocycles. The quantitative estimate of drug-likeness (QED) is 0.176. The van der Waals surface area contributed by atoms with Gasteiger partial charge in [-0.05, 0) is 60.8 Å². The number of carbonyl (C=O) groups excluding carboxylic acids is 2. The molecule has 0 aromatic carbocycles.